The van der Waals surface area contributed by atoms with E-state index in [0.29, 0.717) is 39.1 Å². The third-order valence-electron chi connectivity index (χ3n) is 3.79. The smallest absolute Gasteiger partial charge is 0.254 e. The number of carbonyl (C=O) groups excluding carboxylic acids is 1. The highest BCUT2D eigenvalue weighted by Gasteiger charge is 2.40. The van der Waals surface area contributed by atoms with Gasteiger partial charge < -0.3 is 20.1 Å². The Labute approximate surface area is 116 Å². The Morgan fingerprint density at radius 1 is 1.20 bits per heavy atom. The number of piperidine rings is 1. The number of rotatable bonds is 1. The van der Waals surface area contributed by atoms with Crippen molar-refractivity contribution in [2.45, 2.75) is 18.6 Å². The monoisotopic (exact) mass is 280 g/mol. The summed E-state index contributed by atoms with van der Waals surface area (Å²) in [7, 11) is 0. The van der Waals surface area contributed by atoms with E-state index in [1.807, 2.05) is 0 Å². The van der Waals surface area contributed by atoms with Gasteiger partial charge in [-0.1, -0.05) is 0 Å². The van der Waals surface area contributed by atoms with Crippen molar-refractivity contribution < 1.29 is 18.7 Å². The van der Waals surface area contributed by atoms with Crippen LogP contribution in [-0.4, -0.2) is 42.9 Å². The molecule has 2 heterocycles. The molecule has 0 bridgehead atoms. The number of hydrogen-bond acceptors (Lipinski definition) is 4. The lowest BCUT2D eigenvalue weighted by Gasteiger charge is -2.37. The molecule has 0 aliphatic carbocycles. The van der Waals surface area contributed by atoms with E-state index >= 15 is 0 Å². The standard InChI is InChI=1S/C14H17FN2O3/c15-11-7-10(8-12(16)9-11)13(18)17-3-1-14(2-4-17)19-5-6-20-14/h7-9H,1-6,16H2. The van der Waals surface area contributed by atoms with E-state index in [2.05, 4.69) is 0 Å². The average Bonchev–Trinajstić information content (AvgIpc) is 2.86. The van der Waals surface area contributed by atoms with Crippen LogP contribution in [0, 0.1) is 5.82 Å². The van der Waals surface area contributed by atoms with Gasteiger partial charge in [-0.25, -0.2) is 4.39 Å². The molecule has 0 radical (unpaired) electrons. The number of nitrogens with two attached hydrogens (primary N) is 1. The van der Waals surface area contributed by atoms with Crippen LogP contribution in [0.4, 0.5) is 10.1 Å². The van der Waals surface area contributed by atoms with Crippen LogP contribution in [0.5, 0.6) is 0 Å². The molecule has 2 fully saturated rings. The third kappa shape index (κ3) is 2.48. The molecule has 1 spiro atoms. The van der Waals surface area contributed by atoms with E-state index in [1.54, 1.807) is 4.90 Å². The lowest BCUT2D eigenvalue weighted by molar-refractivity contribution is -0.181. The Morgan fingerprint density at radius 3 is 2.45 bits per heavy atom. The van der Waals surface area contributed by atoms with E-state index in [-0.39, 0.29) is 17.2 Å². The molecule has 3 rings (SSSR count). The van der Waals surface area contributed by atoms with Crippen LogP contribution >= 0.6 is 0 Å². The van der Waals surface area contributed by atoms with E-state index in [9.17, 15) is 9.18 Å². The van der Waals surface area contributed by atoms with Crippen LogP contribution in [0.1, 0.15) is 23.2 Å². The van der Waals surface area contributed by atoms with Crippen molar-refractivity contribution in [1.29, 1.82) is 0 Å². The predicted octanol–water partition coefficient (Wildman–Crippen LogP) is 1.39. The first-order valence-corrected chi connectivity index (χ1v) is 6.71. The molecular formula is C14H17FN2O3. The number of halogens is 1. The number of likely N-dealkylation sites (tertiary alicyclic amines) is 1. The highest BCUT2D eigenvalue weighted by molar-refractivity contribution is 5.95. The molecule has 6 heteroatoms. The molecule has 2 N–H and O–H groups in total. The van der Waals surface area contributed by atoms with Crippen LogP contribution in [0.25, 0.3) is 0 Å². The molecule has 20 heavy (non-hydrogen) atoms. The molecule has 0 atom stereocenters. The molecule has 1 aromatic carbocycles. The largest absolute Gasteiger partial charge is 0.399 e. The Kier molecular flexibility index (Phi) is 3.35. The number of carbonyl (C=O) groups is 1. The van der Waals surface area contributed by atoms with Crippen molar-refractivity contribution >= 4 is 11.6 Å². The summed E-state index contributed by atoms with van der Waals surface area (Å²) in [6, 6.07) is 3.91. The summed E-state index contributed by atoms with van der Waals surface area (Å²) in [4.78, 5) is 14.0. The Bertz CT molecular complexity index is 499. The minimum Gasteiger partial charge on any atom is -0.399 e. The zero-order valence-corrected chi connectivity index (χ0v) is 11.1. The lowest BCUT2D eigenvalue weighted by atomic mass is 10.0. The van der Waals surface area contributed by atoms with Gasteiger partial charge in [0.25, 0.3) is 5.91 Å². The molecule has 108 valence electrons. The van der Waals surface area contributed by atoms with Crippen LogP contribution in [0.2, 0.25) is 0 Å². The van der Waals surface area contributed by atoms with Crippen molar-refractivity contribution in [2.75, 3.05) is 32.0 Å². The topological polar surface area (TPSA) is 64.8 Å². The number of amides is 1. The number of nitrogen functional groups attached to an aromatic ring is 1. The number of nitrogens with zero attached hydrogens (tertiary/aromatic N) is 1. The van der Waals surface area contributed by atoms with Crippen molar-refractivity contribution in [3.63, 3.8) is 0 Å². The lowest BCUT2D eigenvalue weighted by Crippen LogP contribution is -2.47. The van der Waals surface area contributed by atoms with Gasteiger partial charge in [0.1, 0.15) is 5.82 Å². The van der Waals surface area contributed by atoms with Crippen molar-refractivity contribution in [3.8, 4) is 0 Å². The van der Waals surface area contributed by atoms with Crippen LogP contribution < -0.4 is 5.73 Å². The SMILES string of the molecule is Nc1cc(F)cc(C(=O)N2CCC3(CC2)OCCO3)c1. The fraction of sp³-hybridized carbons (Fsp3) is 0.500. The molecule has 2 saturated heterocycles. The van der Waals surface area contributed by atoms with Gasteiger partial charge in [0.2, 0.25) is 0 Å². The number of ether oxygens (including phenoxy) is 2. The molecule has 1 amide bonds. The fourth-order valence-electron chi connectivity index (χ4n) is 2.75. The zero-order chi connectivity index (χ0) is 14.2. The summed E-state index contributed by atoms with van der Waals surface area (Å²) >= 11 is 0. The molecule has 0 unspecified atom stereocenters. The second-order valence-corrected chi connectivity index (χ2v) is 5.17. The predicted molar refractivity (Wildman–Crippen MR) is 70.6 cm³/mol. The van der Waals surface area contributed by atoms with Gasteiger partial charge in [-0.15, -0.1) is 0 Å². The van der Waals surface area contributed by atoms with Gasteiger partial charge in [-0.3, -0.25) is 4.79 Å². The molecule has 1 aromatic rings. The number of hydrogen-bond donors (Lipinski definition) is 1. The third-order valence-corrected chi connectivity index (χ3v) is 3.79. The molecule has 0 aromatic heterocycles. The van der Waals surface area contributed by atoms with Gasteiger partial charge in [0, 0.05) is 37.2 Å². The first kappa shape index (κ1) is 13.3. The first-order chi connectivity index (χ1) is 9.58. The van der Waals surface area contributed by atoms with Gasteiger partial charge in [0.05, 0.1) is 13.2 Å². The molecule has 0 saturated carbocycles. The summed E-state index contributed by atoms with van der Waals surface area (Å²) in [5.74, 6) is -1.22. The van der Waals surface area contributed by atoms with E-state index in [0.717, 1.165) is 0 Å². The van der Waals surface area contributed by atoms with Gasteiger partial charge >= 0.3 is 0 Å². The van der Waals surface area contributed by atoms with Crippen molar-refractivity contribution in [2.24, 2.45) is 0 Å². The second-order valence-electron chi connectivity index (χ2n) is 5.17. The Balaban J connectivity index is 1.69. The molecular weight excluding hydrogens is 263 g/mol. The first-order valence-electron chi connectivity index (χ1n) is 6.71. The minimum absolute atomic E-state index is 0.205. The Hall–Kier alpha value is -1.66. The van der Waals surface area contributed by atoms with E-state index in [4.69, 9.17) is 15.2 Å². The van der Waals surface area contributed by atoms with Gasteiger partial charge in [-0.2, -0.15) is 0 Å². The van der Waals surface area contributed by atoms with E-state index in [1.165, 1.54) is 18.2 Å². The molecule has 2 aliphatic rings. The Morgan fingerprint density at radius 2 is 1.85 bits per heavy atom. The summed E-state index contributed by atoms with van der Waals surface area (Å²) in [6.45, 7) is 2.28. The summed E-state index contributed by atoms with van der Waals surface area (Å²) < 4.78 is 24.5. The number of anilines is 1. The van der Waals surface area contributed by atoms with Crippen molar-refractivity contribution in [3.05, 3.63) is 29.6 Å². The minimum atomic E-state index is -0.516. The van der Waals surface area contributed by atoms with Crippen LogP contribution in [0.15, 0.2) is 18.2 Å². The molecule has 2 aliphatic heterocycles. The van der Waals surface area contributed by atoms with Crippen molar-refractivity contribution in [1.82, 2.24) is 4.90 Å². The normalized spacial score (nSPS) is 21.4. The van der Waals surface area contributed by atoms with Gasteiger partial charge in [0.15, 0.2) is 5.79 Å². The molecule has 5 nitrogen and oxygen atoms in total. The van der Waals surface area contributed by atoms with Crippen LogP contribution in [0.3, 0.4) is 0 Å². The van der Waals surface area contributed by atoms with Crippen LogP contribution in [-0.2, 0) is 9.47 Å². The summed E-state index contributed by atoms with van der Waals surface area (Å²) in [5.41, 5.74) is 6.11. The maximum atomic E-state index is 13.3. The maximum absolute atomic E-state index is 13.3. The summed E-state index contributed by atoms with van der Waals surface area (Å²) in [5, 5.41) is 0. The maximum Gasteiger partial charge on any atom is 0.254 e. The summed E-state index contributed by atoms with van der Waals surface area (Å²) in [6.07, 6.45) is 1.28. The number of benzene rings is 1. The second kappa shape index (κ2) is 5.03. The highest BCUT2D eigenvalue weighted by atomic mass is 19.1. The van der Waals surface area contributed by atoms with Gasteiger partial charge in [-0.05, 0) is 18.2 Å². The quantitative estimate of drug-likeness (QED) is 0.789. The van der Waals surface area contributed by atoms with E-state index < -0.39 is 11.6 Å². The fourth-order valence-corrected chi connectivity index (χ4v) is 2.75. The highest BCUT2D eigenvalue weighted by Crippen LogP contribution is 2.31. The zero-order valence-electron chi connectivity index (χ0n) is 11.1. The average molecular weight is 280 g/mol.